The van der Waals surface area contributed by atoms with E-state index >= 15 is 0 Å². The van der Waals surface area contributed by atoms with Gasteiger partial charge in [-0.05, 0) is 38.8 Å². The maximum Gasteiger partial charge on any atom is 0.261 e. The molecular formula is C16H20N2O2S2. The van der Waals surface area contributed by atoms with Gasteiger partial charge in [0.1, 0.15) is 0 Å². The van der Waals surface area contributed by atoms with E-state index < -0.39 is 0 Å². The Labute approximate surface area is 138 Å². The van der Waals surface area contributed by atoms with Crippen molar-refractivity contribution >= 4 is 28.6 Å². The smallest absolute Gasteiger partial charge is 0.261 e. The largest absolute Gasteiger partial charge is 0.373 e. The fourth-order valence-corrected chi connectivity index (χ4v) is 4.41. The molecule has 4 nitrogen and oxygen atoms in total. The van der Waals surface area contributed by atoms with Gasteiger partial charge in [0.25, 0.3) is 5.91 Å². The third kappa shape index (κ3) is 3.56. The molecule has 0 unspecified atom stereocenters. The molecule has 2 aromatic rings. The van der Waals surface area contributed by atoms with Crippen molar-refractivity contribution in [3.63, 3.8) is 0 Å². The third-order valence-electron chi connectivity index (χ3n) is 3.79. The quantitative estimate of drug-likeness (QED) is 0.907. The van der Waals surface area contributed by atoms with Crippen molar-refractivity contribution in [3.8, 4) is 0 Å². The SMILES string of the molecule is Cc1nc(CCNC(=O)c2ccc([C@H]3CCCO3)s2)sc1C. The minimum atomic E-state index is -0.000697. The molecule has 3 rings (SSSR count). The average molecular weight is 336 g/mol. The molecule has 0 aliphatic carbocycles. The molecule has 0 bridgehead atoms. The van der Waals surface area contributed by atoms with Crippen LogP contribution in [-0.4, -0.2) is 24.0 Å². The van der Waals surface area contributed by atoms with E-state index in [1.54, 1.807) is 22.7 Å². The van der Waals surface area contributed by atoms with E-state index in [9.17, 15) is 4.79 Å². The molecule has 6 heteroatoms. The number of nitrogens with one attached hydrogen (secondary N) is 1. The van der Waals surface area contributed by atoms with Gasteiger partial charge in [-0.15, -0.1) is 22.7 Å². The molecule has 0 radical (unpaired) electrons. The Morgan fingerprint density at radius 2 is 2.27 bits per heavy atom. The second-order valence-electron chi connectivity index (χ2n) is 5.46. The van der Waals surface area contributed by atoms with Gasteiger partial charge in [0.15, 0.2) is 0 Å². The van der Waals surface area contributed by atoms with Gasteiger partial charge in [-0.1, -0.05) is 0 Å². The lowest BCUT2D eigenvalue weighted by Gasteiger charge is -2.05. The predicted molar refractivity (Wildman–Crippen MR) is 89.9 cm³/mol. The normalized spacial score (nSPS) is 17.8. The molecule has 1 aliphatic heterocycles. The van der Waals surface area contributed by atoms with Gasteiger partial charge in [-0.25, -0.2) is 4.98 Å². The summed E-state index contributed by atoms with van der Waals surface area (Å²) in [6.45, 7) is 5.55. The number of rotatable bonds is 5. The van der Waals surface area contributed by atoms with E-state index in [0.29, 0.717) is 6.54 Å². The van der Waals surface area contributed by atoms with Gasteiger partial charge in [-0.2, -0.15) is 0 Å². The van der Waals surface area contributed by atoms with Crippen LogP contribution in [-0.2, 0) is 11.2 Å². The van der Waals surface area contributed by atoms with Crippen LogP contribution in [0.5, 0.6) is 0 Å². The van der Waals surface area contributed by atoms with E-state index in [2.05, 4.69) is 17.2 Å². The topological polar surface area (TPSA) is 51.2 Å². The van der Waals surface area contributed by atoms with Crippen LogP contribution in [0.4, 0.5) is 0 Å². The molecular weight excluding hydrogens is 316 g/mol. The second-order valence-corrected chi connectivity index (χ2v) is 7.86. The summed E-state index contributed by atoms with van der Waals surface area (Å²) >= 11 is 3.25. The van der Waals surface area contributed by atoms with Crippen molar-refractivity contribution in [1.82, 2.24) is 10.3 Å². The molecule has 2 aromatic heterocycles. The van der Waals surface area contributed by atoms with Crippen LogP contribution >= 0.6 is 22.7 Å². The number of hydrogen-bond acceptors (Lipinski definition) is 5. The zero-order valence-corrected chi connectivity index (χ0v) is 14.5. The first-order chi connectivity index (χ1) is 10.6. The number of aromatic nitrogens is 1. The predicted octanol–water partition coefficient (Wildman–Crippen LogP) is 3.65. The molecule has 1 amide bonds. The Morgan fingerprint density at radius 3 is 2.95 bits per heavy atom. The van der Waals surface area contributed by atoms with Gasteiger partial charge in [0.05, 0.1) is 21.7 Å². The summed E-state index contributed by atoms with van der Waals surface area (Å²) in [5.41, 5.74) is 1.09. The molecule has 3 heterocycles. The van der Waals surface area contributed by atoms with Crippen LogP contribution in [0.15, 0.2) is 12.1 Å². The van der Waals surface area contributed by atoms with Crippen LogP contribution in [0.1, 0.15) is 49.1 Å². The second kappa shape index (κ2) is 6.89. The van der Waals surface area contributed by atoms with Crippen LogP contribution in [0.3, 0.4) is 0 Å². The fourth-order valence-electron chi connectivity index (χ4n) is 2.47. The number of thiophene rings is 1. The van der Waals surface area contributed by atoms with E-state index in [1.807, 2.05) is 19.1 Å². The summed E-state index contributed by atoms with van der Waals surface area (Å²) < 4.78 is 5.66. The van der Waals surface area contributed by atoms with Crippen molar-refractivity contribution in [2.75, 3.05) is 13.2 Å². The maximum atomic E-state index is 12.2. The highest BCUT2D eigenvalue weighted by molar-refractivity contribution is 7.14. The molecule has 1 N–H and O–H groups in total. The monoisotopic (exact) mass is 336 g/mol. The fraction of sp³-hybridized carbons (Fsp3) is 0.500. The number of thiazole rings is 1. The molecule has 1 aliphatic rings. The van der Waals surface area contributed by atoms with E-state index in [1.165, 1.54) is 4.88 Å². The minimum absolute atomic E-state index is 0.000697. The molecule has 1 fully saturated rings. The molecule has 0 saturated carbocycles. The number of amides is 1. The van der Waals surface area contributed by atoms with E-state index in [0.717, 1.165) is 46.3 Å². The van der Waals surface area contributed by atoms with E-state index in [-0.39, 0.29) is 12.0 Å². The Bertz CT molecular complexity index is 637. The summed E-state index contributed by atoms with van der Waals surface area (Å²) in [5.74, 6) is -0.000697. The van der Waals surface area contributed by atoms with Crippen molar-refractivity contribution in [3.05, 3.63) is 37.5 Å². The number of aryl methyl sites for hydroxylation is 2. The first-order valence-electron chi connectivity index (χ1n) is 7.56. The molecule has 118 valence electrons. The Hall–Kier alpha value is -1.24. The van der Waals surface area contributed by atoms with Crippen LogP contribution in [0.25, 0.3) is 0 Å². The molecule has 1 saturated heterocycles. The molecule has 1 atom stereocenters. The summed E-state index contributed by atoms with van der Waals surface area (Å²) in [5, 5.41) is 4.06. The van der Waals surface area contributed by atoms with Gasteiger partial charge in [0, 0.05) is 29.3 Å². The third-order valence-corrected chi connectivity index (χ3v) is 6.10. The lowest BCUT2D eigenvalue weighted by Crippen LogP contribution is -2.24. The Morgan fingerprint density at radius 1 is 1.41 bits per heavy atom. The van der Waals surface area contributed by atoms with Gasteiger partial charge in [-0.3, -0.25) is 4.79 Å². The number of carbonyl (C=O) groups is 1. The standard InChI is InChI=1S/C16H20N2O2S2/c1-10-11(2)21-15(18-10)7-8-17-16(19)14-6-5-13(22-14)12-4-3-9-20-12/h5-6,12H,3-4,7-9H2,1-2H3,(H,17,19)/t12-/m1/s1. The van der Waals surface area contributed by atoms with Gasteiger partial charge in [0.2, 0.25) is 0 Å². The Balaban J connectivity index is 1.51. The highest BCUT2D eigenvalue weighted by Crippen LogP contribution is 2.33. The minimum Gasteiger partial charge on any atom is -0.373 e. The molecule has 0 aromatic carbocycles. The van der Waals surface area contributed by atoms with Crippen molar-refractivity contribution in [1.29, 1.82) is 0 Å². The van der Waals surface area contributed by atoms with Gasteiger partial charge >= 0.3 is 0 Å². The first kappa shape index (κ1) is 15.6. The van der Waals surface area contributed by atoms with Crippen molar-refractivity contribution < 1.29 is 9.53 Å². The van der Waals surface area contributed by atoms with Crippen molar-refractivity contribution in [2.45, 2.75) is 39.2 Å². The lowest BCUT2D eigenvalue weighted by molar-refractivity contribution is 0.0958. The lowest BCUT2D eigenvalue weighted by atomic mass is 10.2. The van der Waals surface area contributed by atoms with Crippen molar-refractivity contribution in [2.24, 2.45) is 0 Å². The average Bonchev–Trinajstić information content (AvgIpc) is 3.21. The summed E-state index contributed by atoms with van der Waals surface area (Å²) in [6, 6.07) is 3.91. The summed E-state index contributed by atoms with van der Waals surface area (Å²) in [7, 11) is 0. The summed E-state index contributed by atoms with van der Waals surface area (Å²) in [6.07, 6.45) is 3.14. The number of ether oxygens (including phenoxy) is 1. The van der Waals surface area contributed by atoms with Crippen LogP contribution < -0.4 is 5.32 Å². The Kier molecular flexibility index (Phi) is 4.90. The first-order valence-corrected chi connectivity index (χ1v) is 9.19. The van der Waals surface area contributed by atoms with Crippen LogP contribution in [0.2, 0.25) is 0 Å². The number of hydrogen-bond donors (Lipinski definition) is 1. The number of nitrogens with zero attached hydrogens (tertiary/aromatic N) is 1. The van der Waals surface area contributed by atoms with E-state index in [4.69, 9.17) is 4.74 Å². The zero-order valence-electron chi connectivity index (χ0n) is 12.8. The highest BCUT2D eigenvalue weighted by atomic mass is 32.1. The van der Waals surface area contributed by atoms with Gasteiger partial charge < -0.3 is 10.1 Å². The zero-order chi connectivity index (χ0) is 15.5. The number of carbonyl (C=O) groups excluding carboxylic acids is 1. The molecule has 0 spiro atoms. The highest BCUT2D eigenvalue weighted by Gasteiger charge is 2.20. The molecule has 22 heavy (non-hydrogen) atoms. The maximum absolute atomic E-state index is 12.2. The summed E-state index contributed by atoms with van der Waals surface area (Å²) in [4.78, 5) is 19.8. The van der Waals surface area contributed by atoms with Crippen LogP contribution in [0, 0.1) is 13.8 Å².